The van der Waals surface area contributed by atoms with Gasteiger partial charge in [-0.25, -0.2) is 0 Å². The molecule has 1 aliphatic carbocycles. The molecular weight excluding hydrogens is 300 g/mol. The first-order valence-electron chi connectivity index (χ1n) is 9.09. The molecule has 0 saturated heterocycles. The molecule has 1 aliphatic heterocycles. The van der Waals surface area contributed by atoms with Gasteiger partial charge in [-0.15, -0.1) is 0 Å². The zero-order valence-corrected chi connectivity index (χ0v) is 15.0. The standard InChI is InChI=1S/C20H28N2O2/c1-20(2,3)21-18(23)17-15-11-7-8-12-16(15)19(24)22(17)13-14-9-5-4-6-10-14/h7-8,11-12,14,17H,4-6,9-10,13H2,1-3H3,(H,21,23). The van der Waals surface area contributed by atoms with Gasteiger partial charge in [-0.05, 0) is 51.2 Å². The second kappa shape index (κ2) is 6.58. The molecule has 1 unspecified atom stereocenters. The molecule has 1 aromatic carbocycles. The van der Waals surface area contributed by atoms with E-state index in [1.807, 2.05) is 49.9 Å². The smallest absolute Gasteiger partial charge is 0.255 e. The van der Waals surface area contributed by atoms with Crippen LogP contribution in [-0.2, 0) is 4.79 Å². The van der Waals surface area contributed by atoms with Crippen molar-refractivity contribution in [3.8, 4) is 0 Å². The summed E-state index contributed by atoms with van der Waals surface area (Å²) in [5.41, 5.74) is 1.22. The predicted molar refractivity (Wildman–Crippen MR) is 94.7 cm³/mol. The number of carbonyl (C=O) groups excluding carboxylic acids is 2. The van der Waals surface area contributed by atoms with Crippen molar-refractivity contribution in [1.29, 1.82) is 0 Å². The maximum absolute atomic E-state index is 12.9. The fourth-order valence-electron chi connectivity index (χ4n) is 3.93. The molecule has 0 spiro atoms. The molecular formula is C20H28N2O2. The van der Waals surface area contributed by atoms with Crippen molar-refractivity contribution < 1.29 is 9.59 Å². The van der Waals surface area contributed by atoms with Gasteiger partial charge in [-0.2, -0.15) is 0 Å². The van der Waals surface area contributed by atoms with E-state index in [-0.39, 0.29) is 17.4 Å². The molecule has 24 heavy (non-hydrogen) atoms. The van der Waals surface area contributed by atoms with E-state index in [4.69, 9.17) is 0 Å². The van der Waals surface area contributed by atoms with Crippen molar-refractivity contribution in [2.75, 3.05) is 6.54 Å². The van der Waals surface area contributed by atoms with Gasteiger partial charge in [0, 0.05) is 17.6 Å². The highest BCUT2D eigenvalue weighted by molar-refractivity contribution is 6.04. The van der Waals surface area contributed by atoms with Crippen LogP contribution in [0.1, 0.15) is 74.8 Å². The molecule has 2 aliphatic rings. The Morgan fingerprint density at radius 1 is 1.17 bits per heavy atom. The molecule has 1 aromatic rings. The average molecular weight is 328 g/mol. The van der Waals surface area contributed by atoms with E-state index in [2.05, 4.69) is 5.32 Å². The first kappa shape index (κ1) is 17.0. The Balaban J connectivity index is 1.87. The summed E-state index contributed by atoms with van der Waals surface area (Å²) in [5.74, 6) is 0.448. The van der Waals surface area contributed by atoms with Crippen LogP contribution in [0.2, 0.25) is 0 Å². The van der Waals surface area contributed by atoms with Crippen LogP contribution in [0.25, 0.3) is 0 Å². The molecule has 0 bridgehead atoms. The number of fused-ring (bicyclic) bond motifs is 1. The molecule has 1 atom stereocenters. The van der Waals surface area contributed by atoms with Crippen molar-refractivity contribution in [3.05, 3.63) is 35.4 Å². The third-order valence-electron chi connectivity index (χ3n) is 4.98. The molecule has 0 radical (unpaired) electrons. The number of hydrogen-bond acceptors (Lipinski definition) is 2. The minimum absolute atomic E-state index is 0.00485. The molecule has 4 heteroatoms. The monoisotopic (exact) mass is 328 g/mol. The molecule has 4 nitrogen and oxygen atoms in total. The van der Waals surface area contributed by atoms with Crippen LogP contribution in [-0.4, -0.2) is 28.8 Å². The Morgan fingerprint density at radius 3 is 2.50 bits per heavy atom. The Bertz CT molecular complexity index is 627. The van der Waals surface area contributed by atoms with Crippen molar-refractivity contribution in [1.82, 2.24) is 10.2 Å². The maximum atomic E-state index is 12.9. The second-order valence-electron chi connectivity index (χ2n) is 8.19. The van der Waals surface area contributed by atoms with Gasteiger partial charge in [-0.1, -0.05) is 37.5 Å². The Hall–Kier alpha value is -1.84. The van der Waals surface area contributed by atoms with Crippen LogP contribution >= 0.6 is 0 Å². The molecule has 3 rings (SSSR count). The Labute approximate surface area is 144 Å². The summed E-state index contributed by atoms with van der Waals surface area (Å²) >= 11 is 0. The summed E-state index contributed by atoms with van der Waals surface area (Å²) in [7, 11) is 0. The van der Waals surface area contributed by atoms with E-state index in [1.165, 1.54) is 19.3 Å². The van der Waals surface area contributed by atoms with Crippen LogP contribution in [0.5, 0.6) is 0 Å². The van der Waals surface area contributed by atoms with Gasteiger partial charge in [0.15, 0.2) is 0 Å². The summed E-state index contributed by atoms with van der Waals surface area (Å²) in [6.45, 7) is 6.60. The van der Waals surface area contributed by atoms with Crippen LogP contribution in [0.4, 0.5) is 0 Å². The third-order valence-corrected chi connectivity index (χ3v) is 4.98. The number of nitrogens with zero attached hydrogens (tertiary/aromatic N) is 1. The molecule has 130 valence electrons. The lowest BCUT2D eigenvalue weighted by Crippen LogP contribution is -2.47. The maximum Gasteiger partial charge on any atom is 0.255 e. The minimum atomic E-state index is -0.491. The van der Waals surface area contributed by atoms with E-state index in [0.717, 1.165) is 18.4 Å². The van der Waals surface area contributed by atoms with E-state index in [9.17, 15) is 9.59 Å². The SMILES string of the molecule is CC(C)(C)NC(=O)C1c2ccccc2C(=O)N1CC1CCCCC1. The van der Waals surface area contributed by atoms with E-state index in [0.29, 0.717) is 18.0 Å². The molecule has 1 fully saturated rings. The first-order chi connectivity index (χ1) is 11.4. The predicted octanol–water partition coefficient (Wildman–Crippen LogP) is 3.68. The summed E-state index contributed by atoms with van der Waals surface area (Å²) in [6, 6.07) is 7.05. The quantitative estimate of drug-likeness (QED) is 0.920. The highest BCUT2D eigenvalue weighted by atomic mass is 16.2. The largest absolute Gasteiger partial charge is 0.349 e. The van der Waals surface area contributed by atoms with Crippen LogP contribution in [0, 0.1) is 5.92 Å². The highest BCUT2D eigenvalue weighted by Crippen LogP contribution is 2.36. The zero-order valence-electron chi connectivity index (χ0n) is 15.0. The zero-order chi connectivity index (χ0) is 17.3. The van der Waals surface area contributed by atoms with Crippen LogP contribution in [0.15, 0.2) is 24.3 Å². The number of amides is 2. The summed E-state index contributed by atoms with van der Waals surface area (Å²) in [6.07, 6.45) is 6.08. The van der Waals surface area contributed by atoms with Gasteiger partial charge in [0.2, 0.25) is 5.91 Å². The lowest BCUT2D eigenvalue weighted by atomic mass is 9.88. The van der Waals surface area contributed by atoms with Gasteiger partial charge in [0.1, 0.15) is 6.04 Å². The lowest BCUT2D eigenvalue weighted by Gasteiger charge is -2.32. The van der Waals surface area contributed by atoms with Crippen molar-refractivity contribution in [2.45, 2.75) is 64.5 Å². The number of rotatable bonds is 3. The second-order valence-corrected chi connectivity index (χ2v) is 8.19. The number of hydrogen-bond donors (Lipinski definition) is 1. The van der Waals surface area contributed by atoms with E-state index < -0.39 is 6.04 Å². The van der Waals surface area contributed by atoms with Crippen LogP contribution in [0.3, 0.4) is 0 Å². The fourth-order valence-corrected chi connectivity index (χ4v) is 3.93. The van der Waals surface area contributed by atoms with Crippen molar-refractivity contribution in [3.63, 3.8) is 0 Å². The number of benzene rings is 1. The van der Waals surface area contributed by atoms with Gasteiger partial charge in [-0.3, -0.25) is 9.59 Å². The van der Waals surface area contributed by atoms with Gasteiger partial charge in [0.25, 0.3) is 5.91 Å². The van der Waals surface area contributed by atoms with Gasteiger partial charge in [0.05, 0.1) is 0 Å². The number of nitrogens with one attached hydrogen (secondary N) is 1. The van der Waals surface area contributed by atoms with Crippen molar-refractivity contribution in [2.24, 2.45) is 5.92 Å². The van der Waals surface area contributed by atoms with Gasteiger partial charge < -0.3 is 10.2 Å². The van der Waals surface area contributed by atoms with Gasteiger partial charge >= 0.3 is 0 Å². The molecule has 1 saturated carbocycles. The molecule has 1 heterocycles. The fraction of sp³-hybridized carbons (Fsp3) is 0.600. The Morgan fingerprint density at radius 2 is 1.83 bits per heavy atom. The first-order valence-corrected chi connectivity index (χ1v) is 9.09. The average Bonchev–Trinajstić information content (AvgIpc) is 2.80. The Kier molecular flexibility index (Phi) is 4.66. The topological polar surface area (TPSA) is 49.4 Å². The van der Waals surface area contributed by atoms with Crippen molar-refractivity contribution >= 4 is 11.8 Å². The molecule has 2 amide bonds. The van der Waals surface area contributed by atoms with E-state index >= 15 is 0 Å². The summed E-state index contributed by atoms with van der Waals surface area (Å²) < 4.78 is 0. The highest BCUT2D eigenvalue weighted by Gasteiger charge is 2.42. The number of carbonyl (C=O) groups is 2. The lowest BCUT2D eigenvalue weighted by molar-refractivity contribution is -0.127. The minimum Gasteiger partial charge on any atom is -0.349 e. The summed E-state index contributed by atoms with van der Waals surface area (Å²) in [5, 5.41) is 3.06. The third kappa shape index (κ3) is 3.47. The summed E-state index contributed by atoms with van der Waals surface area (Å²) in [4.78, 5) is 27.6. The molecule has 0 aromatic heterocycles. The molecule has 1 N–H and O–H groups in total. The normalized spacial score (nSPS) is 21.7. The van der Waals surface area contributed by atoms with E-state index in [1.54, 1.807) is 0 Å². The van der Waals surface area contributed by atoms with Crippen LogP contribution < -0.4 is 5.32 Å².